The van der Waals surface area contributed by atoms with E-state index in [2.05, 4.69) is 6.07 Å². The summed E-state index contributed by atoms with van der Waals surface area (Å²) in [4.78, 5) is 1.97. The first kappa shape index (κ1) is 17.2. The average molecular weight is 294 g/mol. The largest absolute Gasteiger partial charge is 0.504 e. The first-order valence-electron chi connectivity index (χ1n) is 6.66. The van der Waals surface area contributed by atoms with E-state index < -0.39 is 6.04 Å². The fourth-order valence-corrected chi connectivity index (χ4v) is 2.02. The number of hydrogen-bond acceptors (Lipinski definition) is 6. The summed E-state index contributed by atoms with van der Waals surface area (Å²) in [5.74, 6) is 0.407. The normalized spacial score (nSPS) is 12.1. The van der Waals surface area contributed by atoms with Crippen LogP contribution in [0.4, 0.5) is 0 Å². The second-order valence-corrected chi connectivity index (χ2v) is 4.48. The molecule has 0 saturated heterocycles. The van der Waals surface area contributed by atoms with Crippen LogP contribution in [0, 0.1) is 11.3 Å². The Kier molecular flexibility index (Phi) is 7.54. The van der Waals surface area contributed by atoms with Crippen molar-refractivity contribution >= 4 is 0 Å². The van der Waals surface area contributed by atoms with Gasteiger partial charge in [0.2, 0.25) is 0 Å². The molecule has 6 nitrogen and oxygen atoms in total. The van der Waals surface area contributed by atoms with E-state index in [9.17, 15) is 10.4 Å². The van der Waals surface area contributed by atoms with Gasteiger partial charge in [-0.1, -0.05) is 6.07 Å². The Morgan fingerprint density at radius 3 is 2.29 bits per heavy atom. The van der Waals surface area contributed by atoms with Crippen molar-refractivity contribution in [3.05, 3.63) is 23.8 Å². The summed E-state index contributed by atoms with van der Waals surface area (Å²) >= 11 is 0. The summed E-state index contributed by atoms with van der Waals surface area (Å²) in [6.45, 7) is 2.27. The highest BCUT2D eigenvalue weighted by molar-refractivity contribution is 5.43. The number of aromatic hydroxyl groups is 1. The average Bonchev–Trinajstić information content (AvgIpc) is 2.51. The van der Waals surface area contributed by atoms with Gasteiger partial charge in [-0.05, 0) is 17.7 Å². The zero-order valence-electron chi connectivity index (χ0n) is 12.7. The molecule has 0 amide bonds. The zero-order valence-corrected chi connectivity index (χ0v) is 12.7. The fraction of sp³-hybridized carbons (Fsp3) is 0.533. The van der Waals surface area contributed by atoms with Crippen molar-refractivity contribution in [1.82, 2.24) is 4.90 Å². The summed E-state index contributed by atoms with van der Waals surface area (Å²) in [5.41, 5.74) is 0.763. The van der Waals surface area contributed by atoms with Gasteiger partial charge in [0.15, 0.2) is 11.5 Å². The lowest BCUT2D eigenvalue weighted by Gasteiger charge is -2.27. The van der Waals surface area contributed by atoms with Crippen LogP contribution in [0.1, 0.15) is 11.6 Å². The minimum absolute atomic E-state index is 0.0540. The maximum absolute atomic E-state index is 9.65. The van der Waals surface area contributed by atoms with E-state index in [0.717, 1.165) is 5.56 Å². The van der Waals surface area contributed by atoms with Crippen molar-refractivity contribution in [1.29, 1.82) is 5.26 Å². The van der Waals surface area contributed by atoms with Crippen molar-refractivity contribution in [3.63, 3.8) is 0 Å². The molecule has 0 bridgehead atoms. The Morgan fingerprint density at radius 1 is 1.19 bits per heavy atom. The molecule has 1 aromatic rings. The summed E-state index contributed by atoms with van der Waals surface area (Å²) in [6.07, 6.45) is 0. The number of ether oxygens (including phenoxy) is 3. The van der Waals surface area contributed by atoms with Crippen LogP contribution in [0.25, 0.3) is 0 Å². The van der Waals surface area contributed by atoms with E-state index in [-0.39, 0.29) is 5.75 Å². The van der Waals surface area contributed by atoms with Crippen LogP contribution in [0.5, 0.6) is 11.5 Å². The van der Waals surface area contributed by atoms with E-state index in [4.69, 9.17) is 14.2 Å². The number of hydrogen-bond donors (Lipinski definition) is 1. The summed E-state index contributed by atoms with van der Waals surface area (Å²) in [7, 11) is 4.73. The van der Waals surface area contributed by atoms with Crippen molar-refractivity contribution < 1.29 is 19.3 Å². The highest BCUT2D eigenvalue weighted by Gasteiger charge is 2.21. The van der Waals surface area contributed by atoms with Crippen molar-refractivity contribution in [2.75, 3.05) is 47.6 Å². The van der Waals surface area contributed by atoms with Gasteiger partial charge in [0.1, 0.15) is 6.04 Å². The zero-order chi connectivity index (χ0) is 15.7. The second kappa shape index (κ2) is 9.19. The molecule has 1 atom stereocenters. The van der Waals surface area contributed by atoms with Crippen molar-refractivity contribution in [2.24, 2.45) is 0 Å². The molecule has 21 heavy (non-hydrogen) atoms. The molecule has 1 unspecified atom stereocenters. The van der Waals surface area contributed by atoms with Gasteiger partial charge in [-0.3, -0.25) is 4.90 Å². The van der Waals surface area contributed by atoms with Crippen molar-refractivity contribution in [2.45, 2.75) is 6.04 Å². The SMILES string of the molecule is COCCN(CCOC)C(C#N)c1ccc(O)c(OC)c1. The van der Waals surface area contributed by atoms with E-state index in [1.165, 1.54) is 13.2 Å². The summed E-state index contributed by atoms with van der Waals surface area (Å²) in [6, 6.07) is 6.76. The first-order valence-corrected chi connectivity index (χ1v) is 6.66. The van der Waals surface area contributed by atoms with Crippen LogP contribution >= 0.6 is 0 Å². The van der Waals surface area contributed by atoms with E-state index >= 15 is 0 Å². The van der Waals surface area contributed by atoms with Gasteiger partial charge in [-0.2, -0.15) is 5.26 Å². The third-order valence-corrected chi connectivity index (χ3v) is 3.17. The van der Waals surface area contributed by atoms with Gasteiger partial charge in [0.05, 0.1) is 26.4 Å². The van der Waals surface area contributed by atoms with Crippen LogP contribution in [0.3, 0.4) is 0 Å². The smallest absolute Gasteiger partial charge is 0.160 e. The van der Waals surface area contributed by atoms with E-state index in [0.29, 0.717) is 32.1 Å². The third-order valence-electron chi connectivity index (χ3n) is 3.17. The predicted molar refractivity (Wildman–Crippen MR) is 78.3 cm³/mol. The summed E-state index contributed by atoms with van der Waals surface area (Å²) in [5, 5.41) is 19.2. The molecule has 1 aromatic carbocycles. The summed E-state index contributed by atoms with van der Waals surface area (Å²) < 4.78 is 15.3. The number of methoxy groups -OCH3 is 3. The van der Waals surface area contributed by atoms with E-state index in [1.54, 1.807) is 26.4 Å². The molecule has 0 fully saturated rings. The monoisotopic (exact) mass is 294 g/mol. The van der Waals surface area contributed by atoms with Crippen LogP contribution in [0.15, 0.2) is 18.2 Å². The molecule has 1 N–H and O–H groups in total. The van der Waals surface area contributed by atoms with Gasteiger partial charge in [-0.25, -0.2) is 0 Å². The Labute approximate surface area is 125 Å². The molecule has 0 aliphatic rings. The lowest BCUT2D eigenvalue weighted by Crippen LogP contribution is -2.34. The van der Waals surface area contributed by atoms with Gasteiger partial charge in [0, 0.05) is 27.3 Å². The lowest BCUT2D eigenvalue weighted by atomic mass is 10.1. The third kappa shape index (κ3) is 4.90. The molecule has 0 aromatic heterocycles. The molecule has 0 radical (unpaired) electrons. The minimum atomic E-state index is -0.454. The van der Waals surface area contributed by atoms with E-state index in [1.807, 2.05) is 4.90 Å². The Balaban J connectivity index is 2.98. The predicted octanol–water partition coefficient (Wildman–Crippen LogP) is 1.56. The van der Waals surface area contributed by atoms with Crippen molar-refractivity contribution in [3.8, 4) is 17.6 Å². The molecule has 0 saturated carbocycles. The van der Waals surface area contributed by atoms with Crippen LogP contribution in [-0.2, 0) is 9.47 Å². The Bertz CT molecular complexity index is 465. The molecule has 0 aliphatic heterocycles. The molecule has 116 valence electrons. The number of phenolic OH excluding ortho intramolecular Hbond substituents is 1. The minimum Gasteiger partial charge on any atom is -0.504 e. The molecule has 6 heteroatoms. The molecule has 0 heterocycles. The number of rotatable bonds is 9. The van der Waals surface area contributed by atoms with Crippen LogP contribution < -0.4 is 4.74 Å². The Hall–Kier alpha value is -1.81. The number of nitriles is 1. The van der Waals surface area contributed by atoms with Gasteiger partial charge in [0.25, 0.3) is 0 Å². The topological polar surface area (TPSA) is 75.0 Å². The number of nitrogens with zero attached hydrogens (tertiary/aromatic N) is 2. The second-order valence-electron chi connectivity index (χ2n) is 4.48. The maximum atomic E-state index is 9.65. The molecule has 0 aliphatic carbocycles. The molecule has 1 rings (SSSR count). The number of phenols is 1. The fourth-order valence-electron chi connectivity index (χ4n) is 2.02. The lowest BCUT2D eigenvalue weighted by molar-refractivity contribution is 0.101. The number of benzene rings is 1. The van der Waals surface area contributed by atoms with Gasteiger partial charge < -0.3 is 19.3 Å². The first-order chi connectivity index (χ1) is 10.2. The molecular weight excluding hydrogens is 272 g/mol. The maximum Gasteiger partial charge on any atom is 0.160 e. The van der Waals surface area contributed by atoms with Crippen LogP contribution in [-0.4, -0.2) is 57.6 Å². The molecule has 0 spiro atoms. The highest BCUT2D eigenvalue weighted by Crippen LogP contribution is 2.30. The Morgan fingerprint density at radius 2 is 1.81 bits per heavy atom. The highest BCUT2D eigenvalue weighted by atomic mass is 16.5. The molecular formula is C15H22N2O4. The van der Waals surface area contributed by atoms with Gasteiger partial charge in [-0.15, -0.1) is 0 Å². The van der Waals surface area contributed by atoms with Gasteiger partial charge >= 0.3 is 0 Å². The standard InChI is InChI=1S/C15H22N2O4/c1-19-8-6-17(7-9-20-2)13(11-16)12-4-5-14(18)15(10-12)21-3/h4-5,10,13,18H,6-9H2,1-3H3. The van der Waals surface area contributed by atoms with Crippen LogP contribution in [0.2, 0.25) is 0 Å². The quantitative estimate of drug-likeness (QED) is 0.745.